The Morgan fingerprint density at radius 3 is 2.00 bits per heavy atom. The zero-order valence-electron chi connectivity index (χ0n) is 9.14. The van der Waals surface area contributed by atoms with E-state index in [0.29, 0.717) is 17.0 Å². The maximum Gasteiger partial charge on any atom is 0.261 e. The topological polar surface area (TPSA) is 37.4 Å². The molecule has 0 bridgehead atoms. The minimum atomic E-state index is -0.113. The van der Waals surface area contributed by atoms with Crippen LogP contribution in [0.25, 0.3) is 0 Å². The summed E-state index contributed by atoms with van der Waals surface area (Å²) in [6, 6.07) is 7.20. The molecule has 1 saturated carbocycles. The molecule has 0 N–H and O–H groups in total. The highest BCUT2D eigenvalue weighted by Crippen LogP contribution is 2.36. The van der Waals surface area contributed by atoms with Crippen molar-refractivity contribution >= 4 is 11.8 Å². The van der Waals surface area contributed by atoms with Gasteiger partial charge in [-0.25, -0.2) is 0 Å². The molecule has 3 rings (SSSR count). The van der Waals surface area contributed by atoms with E-state index in [1.54, 1.807) is 24.3 Å². The quantitative estimate of drug-likeness (QED) is 0.672. The SMILES string of the molecule is CC1CC(N2C(=O)c3ccccc3C2=O)C1. The number of hydrogen-bond donors (Lipinski definition) is 0. The van der Waals surface area contributed by atoms with Crippen molar-refractivity contribution in [1.29, 1.82) is 0 Å². The van der Waals surface area contributed by atoms with Gasteiger partial charge in [-0.1, -0.05) is 19.1 Å². The Morgan fingerprint density at radius 1 is 1.06 bits per heavy atom. The second-order valence-corrected chi connectivity index (χ2v) is 4.76. The van der Waals surface area contributed by atoms with Crippen LogP contribution in [0.5, 0.6) is 0 Å². The molecule has 3 heteroatoms. The summed E-state index contributed by atoms with van der Waals surface area (Å²) < 4.78 is 0. The van der Waals surface area contributed by atoms with E-state index in [0.717, 1.165) is 12.8 Å². The van der Waals surface area contributed by atoms with Crippen LogP contribution in [0.2, 0.25) is 0 Å². The van der Waals surface area contributed by atoms with Crippen LogP contribution in [0.4, 0.5) is 0 Å². The van der Waals surface area contributed by atoms with E-state index < -0.39 is 0 Å². The van der Waals surface area contributed by atoms with Gasteiger partial charge in [0.15, 0.2) is 0 Å². The van der Waals surface area contributed by atoms with Crippen LogP contribution in [-0.4, -0.2) is 22.8 Å². The molecule has 0 atom stereocenters. The van der Waals surface area contributed by atoms with Gasteiger partial charge in [0.05, 0.1) is 11.1 Å². The number of fused-ring (bicyclic) bond motifs is 1. The van der Waals surface area contributed by atoms with Gasteiger partial charge in [-0.2, -0.15) is 0 Å². The molecule has 1 aromatic carbocycles. The van der Waals surface area contributed by atoms with E-state index in [1.165, 1.54) is 4.90 Å². The lowest BCUT2D eigenvalue weighted by atomic mass is 9.81. The predicted octanol–water partition coefficient (Wildman–Crippen LogP) is 2.08. The monoisotopic (exact) mass is 215 g/mol. The number of amides is 2. The minimum absolute atomic E-state index is 0.113. The summed E-state index contributed by atoms with van der Waals surface area (Å²) in [7, 11) is 0. The number of benzene rings is 1. The second-order valence-electron chi connectivity index (χ2n) is 4.76. The van der Waals surface area contributed by atoms with Crippen molar-refractivity contribution in [3.8, 4) is 0 Å². The molecule has 1 aliphatic heterocycles. The van der Waals surface area contributed by atoms with Gasteiger partial charge in [-0.15, -0.1) is 0 Å². The number of rotatable bonds is 1. The molecule has 0 unspecified atom stereocenters. The molecular weight excluding hydrogens is 202 g/mol. The highest BCUT2D eigenvalue weighted by molar-refractivity contribution is 6.21. The molecule has 1 aromatic rings. The number of carbonyl (C=O) groups excluding carboxylic acids is 2. The second kappa shape index (κ2) is 3.17. The first kappa shape index (κ1) is 9.58. The Labute approximate surface area is 94.1 Å². The minimum Gasteiger partial charge on any atom is -0.271 e. The maximum absolute atomic E-state index is 12.1. The number of imide groups is 1. The standard InChI is InChI=1S/C13H13NO2/c1-8-6-9(7-8)14-12(15)10-4-2-3-5-11(10)13(14)16/h2-5,8-9H,6-7H2,1H3. The van der Waals surface area contributed by atoms with Crippen molar-refractivity contribution in [2.24, 2.45) is 5.92 Å². The summed E-state index contributed by atoms with van der Waals surface area (Å²) in [4.78, 5) is 25.6. The van der Waals surface area contributed by atoms with E-state index in [2.05, 4.69) is 6.92 Å². The van der Waals surface area contributed by atoms with Crippen LogP contribution < -0.4 is 0 Å². The maximum atomic E-state index is 12.1. The van der Waals surface area contributed by atoms with Crippen LogP contribution in [0.1, 0.15) is 40.5 Å². The van der Waals surface area contributed by atoms with E-state index >= 15 is 0 Å². The van der Waals surface area contributed by atoms with E-state index in [-0.39, 0.29) is 17.9 Å². The van der Waals surface area contributed by atoms with Gasteiger partial charge >= 0.3 is 0 Å². The lowest BCUT2D eigenvalue weighted by Gasteiger charge is -2.38. The Kier molecular flexibility index (Phi) is 1.90. The third-order valence-electron chi connectivity index (χ3n) is 3.54. The first-order valence-electron chi connectivity index (χ1n) is 5.65. The molecule has 1 heterocycles. The lowest BCUT2D eigenvalue weighted by Crippen LogP contribution is -2.46. The van der Waals surface area contributed by atoms with Crippen LogP contribution in [0, 0.1) is 5.92 Å². The molecule has 2 amide bonds. The van der Waals surface area contributed by atoms with Crippen LogP contribution >= 0.6 is 0 Å². The van der Waals surface area contributed by atoms with Gasteiger partial charge in [0, 0.05) is 6.04 Å². The summed E-state index contributed by atoms with van der Waals surface area (Å²) in [6.07, 6.45) is 1.90. The van der Waals surface area contributed by atoms with Gasteiger partial charge in [0.25, 0.3) is 11.8 Å². The fraction of sp³-hybridized carbons (Fsp3) is 0.385. The summed E-state index contributed by atoms with van der Waals surface area (Å²) in [5.41, 5.74) is 1.12. The molecular formula is C13H13NO2. The van der Waals surface area contributed by atoms with E-state index in [1.807, 2.05) is 0 Å². The van der Waals surface area contributed by atoms with E-state index in [4.69, 9.17) is 0 Å². The van der Waals surface area contributed by atoms with Crippen molar-refractivity contribution < 1.29 is 9.59 Å². The normalized spacial score (nSPS) is 27.9. The molecule has 82 valence electrons. The third-order valence-corrected chi connectivity index (χ3v) is 3.54. The molecule has 16 heavy (non-hydrogen) atoms. The van der Waals surface area contributed by atoms with Crippen molar-refractivity contribution in [2.45, 2.75) is 25.8 Å². The molecule has 0 spiro atoms. The summed E-state index contributed by atoms with van der Waals surface area (Å²) >= 11 is 0. The molecule has 1 fully saturated rings. The van der Waals surface area contributed by atoms with Crippen molar-refractivity contribution in [3.05, 3.63) is 35.4 Å². The number of nitrogens with zero attached hydrogens (tertiary/aromatic N) is 1. The van der Waals surface area contributed by atoms with E-state index in [9.17, 15) is 9.59 Å². The first-order valence-corrected chi connectivity index (χ1v) is 5.65. The van der Waals surface area contributed by atoms with Crippen LogP contribution in [0.15, 0.2) is 24.3 Å². The Morgan fingerprint density at radius 2 is 1.56 bits per heavy atom. The fourth-order valence-electron chi connectivity index (χ4n) is 2.61. The highest BCUT2D eigenvalue weighted by Gasteiger charge is 2.43. The predicted molar refractivity (Wildman–Crippen MR) is 59.1 cm³/mol. The largest absolute Gasteiger partial charge is 0.271 e. The molecule has 2 aliphatic rings. The molecule has 0 saturated heterocycles. The zero-order chi connectivity index (χ0) is 11.3. The molecule has 0 aromatic heterocycles. The van der Waals surface area contributed by atoms with Crippen LogP contribution in [-0.2, 0) is 0 Å². The van der Waals surface area contributed by atoms with Gasteiger partial charge in [-0.3, -0.25) is 14.5 Å². The smallest absolute Gasteiger partial charge is 0.261 e. The van der Waals surface area contributed by atoms with Gasteiger partial charge in [0.1, 0.15) is 0 Å². The molecule has 1 aliphatic carbocycles. The average Bonchev–Trinajstić information content (AvgIpc) is 2.49. The Balaban J connectivity index is 1.96. The lowest BCUT2D eigenvalue weighted by molar-refractivity contribution is 0.0436. The van der Waals surface area contributed by atoms with Gasteiger partial charge in [0.2, 0.25) is 0 Å². The molecule has 0 radical (unpaired) electrons. The Hall–Kier alpha value is -1.64. The van der Waals surface area contributed by atoms with Crippen molar-refractivity contribution in [3.63, 3.8) is 0 Å². The highest BCUT2D eigenvalue weighted by atomic mass is 16.2. The third kappa shape index (κ3) is 1.14. The zero-order valence-corrected chi connectivity index (χ0v) is 9.14. The van der Waals surface area contributed by atoms with Crippen molar-refractivity contribution in [1.82, 2.24) is 4.90 Å². The summed E-state index contributed by atoms with van der Waals surface area (Å²) in [6.45, 7) is 2.15. The summed E-state index contributed by atoms with van der Waals surface area (Å²) in [5.74, 6) is 0.407. The number of carbonyl (C=O) groups is 2. The molecule has 3 nitrogen and oxygen atoms in total. The summed E-state index contributed by atoms with van der Waals surface area (Å²) in [5, 5.41) is 0. The Bertz CT molecular complexity index is 440. The van der Waals surface area contributed by atoms with Crippen molar-refractivity contribution in [2.75, 3.05) is 0 Å². The van der Waals surface area contributed by atoms with Crippen LogP contribution in [0.3, 0.4) is 0 Å². The average molecular weight is 215 g/mol. The first-order chi connectivity index (χ1) is 7.68. The number of hydrogen-bond acceptors (Lipinski definition) is 2. The fourth-order valence-corrected chi connectivity index (χ4v) is 2.61. The van der Waals surface area contributed by atoms with Gasteiger partial charge < -0.3 is 0 Å². The van der Waals surface area contributed by atoms with Gasteiger partial charge in [-0.05, 0) is 30.9 Å².